The van der Waals surface area contributed by atoms with Crippen LogP contribution in [-0.4, -0.2) is 9.97 Å². The second-order valence-corrected chi connectivity index (χ2v) is 5.42. The number of H-pyrrole nitrogens is 1. The van der Waals surface area contributed by atoms with E-state index in [-0.39, 0.29) is 5.41 Å². The van der Waals surface area contributed by atoms with Crippen LogP contribution in [0.25, 0.3) is 11.4 Å². The lowest BCUT2D eigenvalue weighted by atomic mass is 9.87. The highest BCUT2D eigenvalue weighted by molar-refractivity contribution is 5.56. The average Bonchev–Trinajstić information content (AvgIpc) is 2.77. The fourth-order valence-corrected chi connectivity index (χ4v) is 1.81. The molecular weight excluding hydrogens is 222 g/mol. The summed E-state index contributed by atoms with van der Waals surface area (Å²) in [5.74, 6) is 0.820. The lowest BCUT2D eigenvalue weighted by Gasteiger charge is -2.18. The molecule has 1 aromatic heterocycles. The van der Waals surface area contributed by atoms with Gasteiger partial charge in [0.2, 0.25) is 0 Å². The Morgan fingerprint density at radius 3 is 2.44 bits per heavy atom. The Hall–Kier alpha value is -2.08. The maximum atomic E-state index is 8.63. The molecule has 18 heavy (non-hydrogen) atoms. The second-order valence-electron chi connectivity index (χ2n) is 5.42. The first-order valence-corrected chi connectivity index (χ1v) is 6.02. The van der Waals surface area contributed by atoms with Gasteiger partial charge in [-0.2, -0.15) is 5.26 Å². The van der Waals surface area contributed by atoms with Gasteiger partial charge in [0.05, 0.1) is 12.5 Å². The Morgan fingerprint density at radius 1 is 1.22 bits per heavy atom. The van der Waals surface area contributed by atoms with E-state index in [9.17, 15) is 0 Å². The maximum Gasteiger partial charge on any atom is 0.137 e. The standard InChI is InChI=1S/C15H17N3/c1-15(2,3)12-6-4-11(5-7-12)14-17-10-13(18-14)8-9-16/h4-7,10H,8H2,1-3H3,(H,17,18). The van der Waals surface area contributed by atoms with Gasteiger partial charge in [0, 0.05) is 17.5 Å². The number of imidazole rings is 1. The van der Waals surface area contributed by atoms with Crippen LogP contribution in [0, 0.1) is 11.3 Å². The predicted molar refractivity (Wildman–Crippen MR) is 72.0 cm³/mol. The highest BCUT2D eigenvalue weighted by Crippen LogP contribution is 2.24. The molecule has 0 amide bonds. The zero-order valence-electron chi connectivity index (χ0n) is 11.0. The molecule has 0 aliphatic heterocycles. The molecule has 0 aliphatic rings. The molecule has 0 radical (unpaired) electrons. The lowest BCUT2D eigenvalue weighted by molar-refractivity contribution is 0.590. The van der Waals surface area contributed by atoms with Crippen LogP contribution in [0.5, 0.6) is 0 Å². The number of benzene rings is 1. The van der Waals surface area contributed by atoms with Crippen LogP contribution in [0.15, 0.2) is 30.5 Å². The monoisotopic (exact) mass is 239 g/mol. The van der Waals surface area contributed by atoms with Crippen LogP contribution in [0.4, 0.5) is 0 Å². The van der Waals surface area contributed by atoms with Crippen LogP contribution < -0.4 is 0 Å². The van der Waals surface area contributed by atoms with Gasteiger partial charge in [0.25, 0.3) is 0 Å². The molecule has 3 nitrogen and oxygen atoms in total. The van der Waals surface area contributed by atoms with Crippen molar-refractivity contribution < 1.29 is 0 Å². The van der Waals surface area contributed by atoms with Gasteiger partial charge in [-0.1, -0.05) is 45.0 Å². The Bertz CT molecular complexity index is 565. The van der Waals surface area contributed by atoms with Crippen molar-refractivity contribution in [1.29, 1.82) is 5.26 Å². The molecule has 0 bridgehead atoms. The molecular formula is C15H17N3. The highest BCUT2D eigenvalue weighted by atomic mass is 14.9. The molecule has 0 spiro atoms. The van der Waals surface area contributed by atoms with Crippen LogP contribution in [0.1, 0.15) is 32.0 Å². The minimum Gasteiger partial charge on any atom is -0.341 e. The summed E-state index contributed by atoms with van der Waals surface area (Å²) in [6, 6.07) is 10.5. The maximum absolute atomic E-state index is 8.63. The first-order chi connectivity index (χ1) is 8.50. The number of nitrogens with one attached hydrogen (secondary N) is 1. The third-order valence-electron chi connectivity index (χ3n) is 2.92. The lowest BCUT2D eigenvalue weighted by Crippen LogP contribution is -2.10. The van der Waals surface area contributed by atoms with Crippen molar-refractivity contribution in [2.24, 2.45) is 0 Å². The smallest absolute Gasteiger partial charge is 0.137 e. The van der Waals surface area contributed by atoms with E-state index < -0.39 is 0 Å². The van der Waals surface area contributed by atoms with Gasteiger partial charge in [0.1, 0.15) is 5.82 Å². The summed E-state index contributed by atoms with van der Waals surface area (Å²) in [5.41, 5.74) is 3.36. The van der Waals surface area contributed by atoms with Gasteiger partial charge >= 0.3 is 0 Å². The first-order valence-electron chi connectivity index (χ1n) is 6.02. The molecule has 1 heterocycles. The Morgan fingerprint density at radius 2 is 1.89 bits per heavy atom. The molecule has 92 valence electrons. The van der Waals surface area contributed by atoms with Crippen LogP contribution in [0.3, 0.4) is 0 Å². The van der Waals surface area contributed by atoms with Gasteiger partial charge in [-0.05, 0) is 11.0 Å². The topological polar surface area (TPSA) is 52.5 Å². The van der Waals surface area contributed by atoms with Gasteiger partial charge in [0.15, 0.2) is 0 Å². The normalized spacial score (nSPS) is 11.2. The average molecular weight is 239 g/mol. The number of rotatable bonds is 2. The summed E-state index contributed by atoms with van der Waals surface area (Å²) in [4.78, 5) is 7.45. The Balaban J connectivity index is 2.26. The number of aromatic amines is 1. The summed E-state index contributed by atoms with van der Waals surface area (Å²) in [6.07, 6.45) is 2.09. The molecule has 1 aromatic carbocycles. The van der Waals surface area contributed by atoms with Crippen molar-refractivity contribution in [1.82, 2.24) is 9.97 Å². The van der Waals surface area contributed by atoms with E-state index in [2.05, 4.69) is 61.1 Å². The number of nitriles is 1. The first kappa shape index (κ1) is 12.4. The predicted octanol–water partition coefficient (Wildman–Crippen LogP) is 3.44. The van der Waals surface area contributed by atoms with E-state index in [1.807, 2.05) is 0 Å². The third-order valence-corrected chi connectivity index (χ3v) is 2.92. The van der Waals surface area contributed by atoms with E-state index in [1.54, 1.807) is 6.20 Å². The van der Waals surface area contributed by atoms with Crippen LogP contribution in [0.2, 0.25) is 0 Å². The number of hydrogen-bond donors (Lipinski definition) is 1. The molecule has 0 aliphatic carbocycles. The van der Waals surface area contributed by atoms with Gasteiger partial charge in [-0.15, -0.1) is 0 Å². The van der Waals surface area contributed by atoms with E-state index >= 15 is 0 Å². The van der Waals surface area contributed by atoms with Crippen molar-refractivity contribution >= 4 is 0 Å². The van der Waals surface area contributed by atoms with Crippen molar-refractivity contribution in [3.63, 3.8) is 0 Å². The summed E-state index contributed by atoms with van der Waals surface area (Å²) < 4.78 is 0. The van der Waals surface area contributed by atoms with E-state index in [1.165, 1.54) is 5.56 Å². The van der Waals surface area contributed by atoms with Crippen molar-refractivity contribution in [2.45, 2.75) is 32.6 Å². The SMILES string of the molecule is CC(C)(C)c1ccc(-c2ncc(CC#N)[nH]2)cc1. The van der Waals surface area contributed by atoms with Gasteiger partial charge < -0.3 is 4.98 Å². The molecule has 2 rings (SSSR count). The molecule has 0 atom stereocenters. The molecule has 0 fully saturated rings. The summed E-state index contributed by atoms with van der Waals surface area (Å²) in [7, 11) is 0. The number of nitrogens with zero attached hydrogens (tertiary/aromatic N) is 2. The van der Waals surface area contributed by atoms with E-state index in [0.29, 0.717) is 6.42 Å². The van der Waals surface area contributed by atoms with Crippen molar-refractivity contribution in [3.05, 3.63) is 41.7 Å². The van der Waals surface area contributed by atoms with Crippen LogP contribution in [-0.2, 0) is 11.8 Å². The summed E-state index contributed by atoms with van der Waals surface area (Å²) in [6.45, 7) is 6.58. The molecule has 0 saturated heterocycles. The number of hydrogen-bond acceptors (Lipinski definition) is 2. The minimum atomic E-state index is 0.160. The summed E-state index contributed by atoms with van der Waals surface area (Å²) >= 11 is 0. The van der Waals surface area contributed by atoms with E-state index in [0.717, 1.165) is 17.1 Å². The van der Waals surface area contributed by atoms with Crippen LogP contribution >= 0.6 is 0 Å². The third kappa shape index (κ3) is 2.60. The second kappa shape index (κ2) is 4.66. The highest BCUT2D eigenvalue weighted by Gasteiger charge is 2.13. The zero-order valence-corrected chi connectivity index (χ0v) is 11.0. The van der Waals surface area contributed by atoms with E-state index in [4.69, 9.17) is 5.26 Å². The largest absolute Gasteiger partial charge is 0.341 e. The van der Waals surface area contributed by atoms with Crippen molar-refractivity contribution in [2.75, 3.05) is 0 Å². The molecule has 0 saturated carbocycles. The Kier molecular flexibility index (Phi) is 3.20. The fourth-order valence-electron chi connectivity index (χ4n) is 1.81. The quantitative estimate of drug-likeness (QED) is 0.872. The molecule has 3 heteroatoms. The molecule has 2 aromatic rings. The Labute approximate surface area is 107 Å². The van der Waals surface area contributed by atoms with Crippen molar-refractivity contribution in [3.8, 4) is 17.5 Å². The molecule has 1 N–H and O–H groups in total. The fraction of sp³-hybridized carbons (Fsp3) is 0.333. The summed E-state index contributed by atoms with van der Waals surface area (Å²) in [5, 5.41) is 8.63. The minimum absolute atomic E-state index is 0.160. The number of aromatic nitrogens is 2. The van der Waals surface area contributed by atoms with Gasteiger partial charge in [-0.25, -0.2) is 4.98 Å². The zero-order chi connectivity index (χ0) is 13.2. The van der Waals surface area contributed by atoms with Gasteiger partial charge in [-0.3, -0.25) is 0 Å². The molecule has 0 unspecified atom stereocenters.